The SMILES string of the molecule is COc1cccc(C(CO)CF)c1. The van der Waals surface area contributed by atoms with E-state index in [9.17, 15) is 4.39 Å². The molecule has 1 unspecified atom stereocenters. The zero-order chi connectivity index (χ0) is 9.68. The molecule has 0 aliphatic carbocycles. The van der Waals surface area contributed by atoms with Crippen LogP contribution in [0.3, 0.4) is 0 Å². The number of hydrogen-bond acceptors (Lipinski definition) is 2. The first-order valence-corrected chi connectivity index (χ1v) is 4.12. The van der Waals surface area contributed by atoms with Crippen molar-refractivity contribution < 1.29 is 14.2 Å². The maximum Gasteiger partial charge on any atom is 0.119 e. The average Bonchev–Trinajstić information content (AvgIpc) is 2.20. The Bertz CT molecular complexity index is 259. The molecule has 3 heteroatoms. The molecule has 0 aliphatic heterocycles. The summed E-state index contributed by atoms with van der Waals surface area (Å²) < 4.78 is 17.4. The Morgan fingerprint density at radius 1 is 1.54 bits per heavy atom. The molecule has 0 aliphatic rings. The van der Waals surface area contributed by atoms with E-state index in [4.69, 9.17) is 9.84 Å². The summed E-state index contributed by atoms with van der Waals surface area (Å²) in [7, 11) is 1.56. The lowest BCUT2D eigenvalue weighted by Crippen LogP contribution is -2.06. The third kappa shape index (κ3) is 2.42. The van der Waals surface area contributed by atoms with E-state index in [-0.39, 0.29) is 6.61 Å². The van der Waals surface area contributed by atoms with Gasteiger partial charge < -0.3 is 9.84 Å². The minimum absolute atomic E-state index is 0.177. The maximum atomic E-state index is 12.4. The number of aliphatic hydroxyl groups excluding tert-OH is 1. The van der Waals surface area contributed by atoms with Gasteiger partial charge in [-0.2, -0.15) is 0 Å². The van der Waals surface area contributed by atoms with E-state index in [1.54, 1.807) is 31.4 Å². The molecule has 0 fully saturated rings. The van der Waals surface area contributed by atoms with Crippen LogP contribution >= 0.6 is 0 Å². The van der Waals surface area contributed by atoms with E-state index in [1.807, 2.05) is 0 Å². The Labute approximate surface area is 77.0 Å². The van der Waals surface area contributed by atoms with Crippen molar-refractivity contribution in [3.05, 3.63) is 29.8 Å². The summed E-state index contributed by atoms with van der Waals surface area (Å²) in [5.74, 6) is 0.250. The molecule has 0 heterocycles. The first kappa shape index (κ1) is 9.99. The molecule has 0 bridgehead atoms. The molecule has 1 rings (SSSR count). The lowest BCUT2D eigenvalue weighted by atomic mass is 10.0. The van der Waals surface area contributed by atoms with Crippen LogP contribution in [0.4, 0.5) is 4.39 Å². The van der Waals surface area contributed by atoms with Crippen molar-refractivity contribution in [2.45, 2.75) is 5.92 Å². The van der Waals surface area contributed by atoms with Gasteiger partial charge in [-0.25, -0.2) is 0 Å². The zero-order valence-electron chi connectivity index (χ0n) is 7.53. The molecule has 1 aromatic carbocycles. The largest absolute Gasteiger partial charge is 0.497 e. The van der Waals surface area contributed by atoms with Gasteiger partial charge in [-0.05, 0) is 17.7 Å². The van der Waals surface area contributed by atoms with Crippen molar-refractivity contribution in [1.82, 2.24) is 0 Å². The molecular formula is C10H13FO2. The highest BCUT2D eigenvalue weighted by molar-refractivity contribution is 5.30. The highest BCUT2D eigenvalue weighted by atomic mass is 19.1. The molecule has 2 nitrogen and oxygen atoms in total. The molecular weight excluding hydrogens is 171 g/mol. The van der Waals surface area contributed by atoms with E-state index < -0.39 is 12.6 Å². The highest BCUT2D eigenvalue weighted by Gasteiger charge is 2.09. The second kappa shape index (κ2) is 4.82. The number of alkyl halides is 1. The van der Waals surface area contributed by atoms with Crippen LogP contribution in [-0.4, -0.2) is 25.5 Å². The lowest BCUT2D eigenvalue weighted by molar-refractivity contribution is 0.241. The second-order valence-corrected chi connectivity index (χ2v) is 2.81. The number of rotatable bonds is 4. The van der Waals surface area contributed by atoms with Gasteiger partial charge in [0, 0.05) is 5.92 Å². The summed E-state index contributed by atoms with van der Waals surface area (Å²) in [6.45, 7) is -0.729. The quantitative estimate of drug-likeness (QED) is 0.772. The van der Waals surface area contributed by atoms with Crippen molar-refractivity contribution in [2.24, 2.45) is 0 Å². The van der Waals surface area contributed by atoms with Crippen LogP contribution in [0.5, 0.6) is 5.75 Å². The summed E-state index contributed by atoms with van der Waals surface area (Å²) in [5.41, 5.74) is 0.768. The number of hydrogen-bond donors (Lipinski definition) is 1. The zero-order valence-corrected chi connectivity index (χ0v) is 7.53. The fraction of sp³-hybridized carbons (Fsp3) is 0.400. The van der Waals surface area contributed by atoms with Crippen LogP contribution in [0.2, 0.25) is 0 Å². The predicted molar refractivity (Wildman–Crippen MR) is 48.8 cm³/mol. The van der Waals surface area contributed by atoms with Crippen LogP contribution in [0.15, 0.2) is 24.3 Å². The van der Waals surface area contributed by atoms with Crippen LogP contribution < -0.4 is 4.74 Å². The summed E-state index contributed by atoms with van der Waals surface area (Å²) in [6.07, 6.45) is 0. The third-order valence-corrected chi connectivity index (χ3v) is 1.97. The normalized spacial score (nSPS) is 12.5. The second-order valence-electron chi connectivity index (χ2n) is 2.81. The summed E-state index contributed by atoms with van der Waals surface area (Å²) >= 11 is 0. The summed E-state index contributed by atoms with van der Waals surface area (Å²) in [5, 5.41) is 8.86. The van der Waals surface area contributed by atoms with E-state index in [1.165, 1.54) is 0 Å². The fourth-order valence-corrected chi connectivity index (χ4v) is 1.14. The maximum absolute atomic E-state index is 12.4. The standard InChI is InChI=1S/C10H13FO2/c1-13-10-4-2-3-8(5-10)9(6-11)7-12/h2-5,9,12H,6-7H2,1H3. The van der Waals surface area contributed by atoms with Gasteiger partial charge in [0.15, 0.2) is 0 Å². The molecule has 0 saturated carbocycles. The van der Waals surface area contributed by atoms with Crippen molar-refractivity contribution in [1.29, 1.82) is 0 Å². The van der Waals surface area contributed by atoms with Gasteiger partial charge in [-0.1, -0.05) is 12.1 Å². The molecule has 1 atom stereocenters. The van der Waals surface area contributed by atoms with E-state index in [2.05, 4.69) is 0 Å². The van der Waals surface area contributed by atoms with Crippen molar-refractivity contribution in [3.8, 4) is 5.75 Å². The number of halogens is 1. The predicted octanol–water partition coefficient (Wildman–Crippen LogP) is 1.74. The Hall–Kier alpha value is -1.09. The van der Waals surface area contributed by atoms with E-state index in [0.717, 1.165) is 5.56 Å². The summed E-state index contributed by atoms with van der Waals surface area (Å²) in [4.78, 5) is 0. The van der Waals surface area contributed by atoms with Gasteiger partial charge in [0.1, 0.15) is 5.75 Å². The number of aliphatic hydroxyl groups is 1. The first-order chi connectivity index (χ1) is 6.31. The monoisotopic (exact) mass is 184 g/mol. The van der Waals surface area contributed by atoms with E-state index in [0.29, 0.717) is 5.75 Å². The van der Waals surface area contributed by atoms with Gasteiger partial charge in [-0.3, -0.25) is 4.39 Å². The van der Waals surface area contributed by atoms with Crippen LogP contribution in [0.1, 0.15) is 11.5 Å². The smallest absolute Gasteiger partial charge is 0.119 e. The van der Waals surface area contributed by atoms with Gasteiger partial charge in [0.2, 0.25) is 0 Å². The molecule has 0 spiro atoms. The van der Waals surface area contributed by atoms with E-state index >= 15 is 0 Å². The van der Waals surface area contributed by atoms with Crippen LogP contribution in [0.25, 0.3) is 0 Å². The molecule has 0 amide bonds. The minimum atomic E-state index is -0.552. The number of methoxy groups -OCH3 is 1. The number of ether oxygens (including phenoxy) is 1. The van der Waals surface area contributed by atoms with Gasteiger partial charge in [-0.15, -0.1) is 0 Å². The molecule has 13 heavy (non-hydrogen) atoms. The summed E-state index contributed by atoms with van der Waals surface area (Å²) in [6, 6.07) is 7.09. The molecule has 0 saturated heterocycles. The van der Waals surface area contributed by atoms with Crippen LogP contribution in [-0.2, 0) is 0 Å². The Balaban J connectivity index is 2.86. The van der Waals surface area contributed by atoms with Gasteiger partial charge in [0.05, 0.1) is 20.4 Å². The van der Waals surface area contributed by atoms with Crippen molar-refractivity contribution in [2.75, 3.05) is 20.4 Å². The minimum Gasteiger partial charge on any atom is -0.497 e. The third-order valence-electron chi connectivity index (χ3n) is 1.97. The molecule has 1 aromatic rings. The molecule has 0 radical (unpaired) electrons. The number of benzene rings is 1. The topological polar surface area (TPSA) is 29.5 Å². The lowest BCUT2D eigenvalue weighted by Gasteiger charge is -2.10. The average molecular weight is 184 g/mol. The van der Waals surface area contributed by atoms with Gasteiger partial charge in [0.25, 0.3) is 0 Å². The molecule has 72 valence electrons. The van der Waals surface area contributed by atoms with Crippen LogP contribution in [0, 0.1) is 0 Å². The highest BCUT2D eigenvalue weighted by Crippen LogP contribution is 2.20. The van der Waals surface area contributed by atoms with Crippen molar-refractivity contribution in [3.63, 3.8) is 0 Å². The Kier molecular flexibility index (Phi) is 3.71. The Morgan fingerprint density at radius 2 is 2.31 bits per heavy atom. The van der Waals surface area contributed by atoms with Crippen molar-refractivity contribution >= 4 is 0 Å². The molecule has 1 N–H and O–H groups in total. The Morgan fingerprint density at radius 3 is 2.85 bits per heavy atom. The van der Waals surface area contributed by atoms with Gasteiger partial charge >= 0.3 is 0 Å². The first-order valence-electron chi connectivity index (χ1n) is 4.12. The molecule has 0 aromatic heterocycles. The fourth-order valence-electron chi connectivity index (χ4n) is 1.14.